The molecule has 2 rings (SSSR count). The number of urea groups is 1. The largest absolute Gasteiger partial charge is 0.494 e. The fraction of sp³-hybridized carbons (Fsp3) is 0.667. The van der Waals surface area contributed by atoms with Gasteiger partial charge in [0, 0.05) is 25.7 Å². The van der Waals surface area contributed by atoms with Crippen LogP contribution in [0, 0.1) is 0 Å². The molecule has 0 fully saturated rings. The maximum Gasteiger partial charge on any atom is 0.317 e. The zero-order valence-corrected chi connectivity index (χ0v) is 16.9. The van der Waals surface area contributed by atoms with E-state index in [1.807, 2.05) is 18.7 Å². The normalized spacial score (nSPS) is 13.8. The molecule has 1 N–H and O–H groups in total. The van der Waals surface area contributed by atoms with Crippen LogP contribution in [-0.2, 0) is 13.0 Å². The Balaban J connectivity index is 1.81. The van der Waals surface area contributed by atoms with E-state index in [9.17, 15) is 4.79 Å². The third-order valence-corrected chi connectivity index (χ3v) is 4.74. The van der Waals surface area contributed by atoms with Gasteiger partial charge in [0.1, 0.15) is 5.75 Å². The summed E-state index contributed by atoms with van der Waals surface area (Å²) in [5, 5.41) is 2.98. The quantitative estimate of drug-likeness (QED) is 0.683. The number of unbranched alkanes of at least 4 members (excludes halogenated alkanes) is 1. The number of rotatable bonds is 9. The van der Waals surface area contributed by atoms with Crippen LogP contribution in [0.2, 0.25) is 0 Å². The van der Waals surface area contributed by atoms with E-state index >= 15 is 0 Å². The van der Waals surface area contributed by atoms with Crippen molar-refractivity contribution in [2.45, 2.75) is 59.0 Å². The number of hydrogen-bond donors (Lipinski definition) is 1. The van der Waals surface area contributed by atoms with Gasteiger partial charge in [-0.25, -0.2) is 4.79 Å². The zero-order valence-electron chi connectivity index (χ0n) is 16.9. The number of fused-ring (bicyclic) bond motifs is 1. The van der Waals surface area contributed by atoms with Gasteiger partial charge < -0.3 is 19.9 Å². The first kappa shape index (κ1) is 20.6. The SMILES string of the molecule is CCCCN(C)CCCOc1ccc2c(c1)CN(C(=O)NC(C)C)CC2. The second kappa shape index (κ2) is 10.4. The molecule has 26 heavy (non-hydrogen) atoms. The van der Waals surface area contributed by atoms with Crippen LogP contribution in [0.1, 0.15) is 51.2 Å². The molecule has 0 saturated carbocycles. The highest BCUT2D eigenvalue weighted by molar-refractivity contribution is 5.74. The molecule has 0 bridgehead atoms. The molecule has 0 aliphatic carbocycles. The summed E-state index contributed by atoms with van der Waals surface area (Å²) in [6.07, 6.45) is 4.43. The number of carbonyl (C=O) groups excluding carboxylic acids is 1. The van der Waals surface area contributed by atoms with Crippen molar-refractivity contribution < 1.29 is 9.53 Å². The van der Waals surface area contributed by atoms with E-state index in [0.29, 0.717) is 6.54 Å². The number of benzene rings is 1. The Labute approximate surface area is 158 Å². The second-order valence-corrected chi connectivity index (χ2v) is 7.57. The molecule has 0 atom stereocenters. The van der Waals surface area contributed by atoms with E-state index in [2.05, 4.69) is 42.4 Å². The molecule has 2 amide bonds. The number of nitrogens with zero attached hydrogens (tertiary/aromatic N) is 2. The Morgan fingerprint density at radius 3 is 2.77 bits per heavy atom. The maximum atomic E-state index is 12.2. The third-order valence-electron chi connectivity index (χ3n) is 4.74. The highest BCUT2D eigenvalue weighted by Crippen LogP contribution is 2.24. The highest BCUT2D eigenvalue weighted by atomic mass is 16.5. The maximum absolute atomic E-state index is 12.2. The minimum atomic E-state index is 0.0205. The molecule has 1 aromatic rings. The molecule has 0 aromatic heterocycles. The van der Waals surface area contributed by atoms with Gasteiger partial charge in [0.05, 0.1) is 6.61 Å². The van der Waals surface area contributed by atoms with Crippen molar-refractivity contribution in [3.8, 4) is 5.75 Å². The molecule has 0 radical (unpaired) electrons. The van der Waals surface area contributed by atoms with Crippen molar-refractivity contribution in [2.24, 2.45) is 0 Å². The minimum absolute atomic E-state index is 0.0205. The molecule has 0 spiro atoms. The summed E-state index contributed by atoms with van der Waals surface area (Å²) in [6, 6.07) is 6.49. The molecule has 1 heterocycles. The molecule has 1 aromatic carbocycles. The van der Waals surface area contributed by atoms with Crippen LogP contribution in [0.25, 0.3) is 0 Å². The molecule has 0 unspecified atom stereocenters. The lowest BCUT2D eigenvalue weighted by Crippen LogP contribution is -2.45. The number of nitrogens with one attached hydrogen (secondary N) is 1. The van der Waals surface area contributed by atoms with E-state index in [1.54, 1.807) is 0 Å². The highest BCUT2D eigenvalue weighted by Gasteiger charge is 2.21. The van der Waals surface area contributed by atoms with E-state index in [1.165, 1.54) is 24.0 Å². The molecule has 5 nitrogen and oxygen atoms in total. The summed E-state index contributed by atoms with van der Waals surface area (Å²) in [5.74, 6) is 0.908. The first-order valence-electron chi connectivity index (χ1n) is 9.98. The van der Waals surface area contributed by atoms with E-state index < -0.39 is 0 Å². The van der Waals surface area contributed by atoms with Crippen LogP contribution in [0.15, 0.2) is 18.2 Å². The monoisotopic (exact) mass is 361 g/mol. The Bertz CT molecular complexity index is 574. The fourth-order valence-corrected chi connectivity index (χ4v) is 3.20. The number of carbonyl (C=O) groups is 1. The number of hydrogen-bond acceptors (Lipinski definition) is 3. The van der Waals surface area contributed by atoms with Crippen LogP contribution >= 0.6 is 0 Å². The Kier molecular flexibility index (Phi) is 8.23. The lowest BCUT2D eigenvalue weighted by atomic mass is 10.00. The molecular weight excluding hydrogens is 326 g/mol. The van der Waals surface area contributed by atoms with E-state index in [4.69, 9.17) is 4.74 Å². The van der Waals surface area contributed by atoms with Crippen molar-refractivity contribution in [3.63, 3.8) is 0 Å². The lowest BCUT2D eigenvalue weighted by molar-refractivity contribution is 0.189. The molecule has 1 aliphatic heterocycles. The van der Waals surface area contributed by atoms with Gasteiger partial charge in [-0.15, -0.1) is 0 Å². The standard InChI is InChI=1S/C21H35N3O2/c1-5-6-11-23(4)12-7-14-26-20-9-8-18-10-13-24(16-19(18)15-20)21(25)22-17(2)3/h8-9,15,17H,5-7,10-14,16H2,1-4H3,(H,22,25). The predicted octanol–water partition coefficient (Wildman–Crippen LogP) is 3.66. The average molecular weight is 362 g/mol. The molecule has 0 saturated heterocycles. The van der Waals surface area contributed by atoms with E-state index in [0.717, 1.165) is 44.8 Å². The Morgan fingerprint density at radius 2 is 2.04 bits per heavy atom. The van der Waals surface area contributed by atoms with Gasteiger partial charge in [-0.3, -0.25) is 0 Å². The third kappa shape index (κ3) is 6.52. The van der Waals surface area contributed by atoms with Crippen molar-refractivity contribution in [2.75, 3.05) is 33.3 Å². The topological polar surface area (TPSA) is 44.8 Å². The van der Waals surface area contributed by atoms with Crippen LogP contribution < -0.4 is 10.1 Å². The molecule has 1 aliphatic rings. The zero-order chi connectivity index (χ0) is 18.9. The summed E-state index contributed by atoms with van der Waals surface area (Å²) in [4.78, 5) is 16.5. The Hall–Kier alpha value is -1.75. The summed E-state index contributed by atoms with van der Waals surface area (Å²) in [5.41, 5.74) is 2.53. The van der Waals surface area contributed by atoms with Crippen LogP contribution in [0.3, 0.4) is 0 Å². The first-order valence-corrected chi connectivity index (χ1v) is 9.98. The van der Waals surface area contributed by atoms with Gasteiger partial charge in [-0.2, -0.15) is 0 Å². The summed E-state index contributed by atoms with van der Waals surface area (Å²) in [7, 11) is 2.17. The smallest absolute Gasteiger partial charge is 0.317 e. The first-order chi connectivity index (χ1) is 12.5. The molecule has 146 valence electrons. The summed E-state index contributed by atoms with van der Waals surface area (Å²) < 4.78 is 5.94. The van der Waals surface area contributed by atoms with Gasteiger partial charge in [-0.05, 0) is 70.0 Å². The Morgan fingerprint density at radius 1 is 1.27 bits per heavy atom. The van der Waals surface area contributed by atoms with Gasteiger partial charge in [0.2, 0.25) is 0 Å². The van der Waals surface area contributed by atoms with Gasteiger partial charge in [0.15, 0.2) is 0 Å². The van der Waals surface area contributed by atoms with Crippen molar-refractivity contribution in [3.05, 3.63) is 29.3 Å². The number of ether oxygens (including phenoxy) is 1. The van der Waals surface area contributed by atoms with Crippen molar-refractivity contribution >= 4 is 6.03 Å². The van der Waals surface area contributed by atoms with Crippen LogP contribution in [0.4, 0.5) is 4.79 Å². The fourth-order valence-electron chi connectivity index (χ4n) is 3.20. The predicted molar refractivity (Wildman–Crippen MR) is 107 cm³/mol. The lowest BCUT2D eigenvalue weighted by Gasteiger charge is -2.30. The number of amides is 2. The van der Waals surface area contributed by atoms with Crippen molar-refractivity contribution in [1.29, 1.82) is 0 Å². The van der Waals surface area contributed by atoms with Gasteiger partial charge >= 0.3 is 6.03 Å². The summed E-state index contributed by atoms with van der Waals surface area (Å²) in [6.45, 7) is 10.6. The minimum Gasteiger partial charge on any atom is -0.494 e. The molecular formula is C21H35N3O2. The second-order valence-electron chi connectivity index (χ2n) is 7.57. The van der Waals surface area contributed by atoms with Gasteiger partial charge in [0.25, 0.3) is 0 Å². The van der Waals surface area contributed by atoms with Crippen molar-refractivity contribution in [1.82, 2.24) is 15.1 Å². The average Bonchev–Trinajstić information content (AvgIpc) is 2.62. The summed E-state index contributed by atoms with van der Waals surface area (Å²) >= 11 is 0. The van der Waals surface area contributed by atoms with Gasteiger partial charge in [-0.1, -0.05) is 19.4 Å². The molecule has 5 heteroatoms. The van der Waals surface area contributed by atoms with Crippen LogP contribution in [-0.4, -0.2) is 55.2 Å². The van der Waals surface area contributed by atoms with E-state index in [-0.39, 0.29) is 12.1 Å². The van der Waals surface area contributed by atoms with Crippen LogP contribution in [0.5, 0.6) is 5.75 Å².